The van der Waals surface area contributed by atoms with Crippen LogP contribution in [-0.4, -0.2) is 12.6 Å². The highest BCUT2D eigenvalue weighted by molar-refractivity contribution is 5.69. The summed E-state index contributed by atoms with van der Waals surface area (Å²) >= 11 is 0. The zero-order chi connectivity index (χ0) is 22.0. The van der Waals surface area contributed by atoms with Gasteiger partial charge in [-0.1, -0.05) is 76.7 Å². The molecule has 0 aliphatic heterocycles. The van der Waals surface area contributed by atoms with Crippen molar-refractivity contribution in [2.24, 2.45) is 23.7 Å². The maximum atomic E-state index is 11.5. The first kappa shape index (κ1) is 26.0. The van der Waals surface area contributed by atoms with E-state index in [0.717, 1.165) is 70.6 Å². The van der Waals surface area contributed by atoms with Crippen molar-refractivity contribution in [2.75, 3.05) is 6.61 Å². The molecule has 4 nitrogen and oxygen atoms in total. The molecule has 1 aliphatic carbocycles. The summed E-state index contributed by atoms with van der Waals surface area (Å²) in [7, 11) is 0. The molecule has 1 aliphatic rings. The van der Waals surface area contributed by atoms with Crippen molar-refractivity contribution in [3.63, 3.8) is 0 Å². The molecule has 0 saturated heterocycles. The number of carbonyl (C=O) groups is 1. The minimum atomic E-state index is -0.241. The zero-order valence-corrected chi connectivity index (χ0v) is 19.0. The van der Waals surface area contributed by atoms with Crippen LogP contribution in [0.5, 0.6) is 0 Å². The molecule has 4 atom stereocenters. The summed E-state index contributed by atoms with van der Waals surface area (Å²) in [4.78, 5) is 11.5. The molecular weight excluding hydrogens is 372 g/mol. The van der Waals surface area contributed by atoms with Crippen LogP contribution in [0.3, 0.4) is 0 Å². The lowest BCUT2D eigenvalue weighted by Crippen LogP contribution is -2.29. The van der Waals surface area contributed by atoms with Gasteiger partial charge >= 0.3 is 5.97 Å². The fourth-order valence-electron chi connectivity index (χ4n) is 3.98. The van der Waals surface area contributed by atoms with E-state index in [2.05, 4.69) is 50.3 Å². The van der Waals surface area contributed by atoms with Crippen LogP contribution in [0, 0.1) is 46.3 Å². The summed E-state index contributed by atoms with van der Waals surface area (Å²) < 4.78 is 5.16. The summed E-state index contributed by atoms with van der Waals surface area (Å²) in [5, 5.41) is 19.2. The van der Waals surface area contributed by atoms with Gasteiger partial charge in [0.25, 0.3) is 0 Å². The second kappa shape index (κ2) is 16.7. The summed E-state index contributed by atoms with van der Waals surface area (Å²) in [6.07, 6.45) is 20.7. The van der Waals surface area contributed by atoms with Crippen molar-refractivity contribution < 1.29 is 9.53 Å². The van der Waals surface area contributed by atoms with Gasteiger partial charge in [0, 0.05) is 12.3 Å². The SMILES string of the molecule is CCCCOC(=O)CCCCCCC/C=C\[C@H]1C=C[C@H](CCCC)[C@@H](C#N)[C@H]1C#N. The number of nitriles is 2. The van der Waals surface area contributed by atoms with E-state index < -0.39 is 0 Å². The lowest BCUT2D eigenvalue weighted by molar-refractivity contribution is -0.143. The molecule has 1 rings (SSSR count). The molecule has 0 saturated carbocycles. The van der Waals surface area contributed by atoms with Crippen LogP contribution in [-0.2, 0) is 9.53 Å². The monoisotopic (exact) mass is 412 g/mol. The van der Waals surface area contributed by atoms with Crippen molar-refractivity contribution in [2.45, 2.75) is 90.9 Å². The van der Waals surface area contributed by atoms with E-state index in [0.29, 0.717) is 13.0 Å². The molecule has 0 aromatic rings. The molecule has 0 aromatic carbocycles. The van der Waals surface area contributed by atoms with Gasteiger partial charge < -0.3 is 4.74 Å². The molecule has 0 amide bonds. The Bertz CT molecular complexity index is 612. The van der Waals surface area contributed by atoms with Crippen LogP contribution in [0.4, 0.5) is 0 Å². The van der Waals surface area contributed by atoms with Crippen molar-refractivity contribution in [3.8, 4) is 12.1 Å². The quantitative estimate of drug-likeness (QED) is 0.167. The molecule has 0 unspecified atom stereocenters. The molecule has 0 fully saturated rings. The Balaban J connectivity index is 2.23. The summed E-state index contributed by atoms with van der Waals surface area (Å²) in [6.45, 7) is 4.80. The van der Waals surface area contributed by atoms with E-state index in [-0.39, 0.29) is 29.6 Å². The molecule has 30 heavy (non-hydrogen) atoms. The van der Waals surface area contributed by atoms with E-state index in [9.17, 15) is 15.3 Å². The summed E-state index contributed by atoms with van der Waals surface area (Å²) in [5.41, 5.74) is 0. The topological polar surface area (TPSA) is 73.9 Å². The lowest BCUT2D eigenvalue weighted by atomic mass is 9.70. The summed E-state index contributed by atoms with van der Waals surface area (Å²) in [6, 6.07) is 4.80. The fourth-order valence-corrected chi connectivity index (χ4v) is 3.98. The second-order valence-electron chi connectivity index (χ2n) is 8.39. The third kappa shape index (κ3) is 10.1. The Labute approximate surface area is 184 Å². The first-order valence-corrected chi connectivity index (χ1v) is 12.0. The first-order chi connectivity index (χ1) is 14.7. The molecule has 0 bridgehead atoms. The van der Waals surface area contributed by atoms with Crippen molar-refractivity contribution in [3.05, 3.63) is 24.3 Å². The Hall–Kier alpha value is -2.07. The zero-order valence-electron chi connectivity index (χ0n) is 19.0. The maximum absolute atomic E-state index is 11.5. The number of hydrogen-bond acceptors (Lipinski definition) is 4. The number of rotatable bonds is 15. The minimum Gasteiger partial charge on any atom is -0.466 e. The van der Waals surface area contributed by atoms with Crippen LogP contribution >= 0.6 is 0 Å². The van der Waals surface area contributed by atoms with Crippen molar-refractivity contribution in [1.82, 2.24) is 0 Å². The van der Waals surface area contributed by atoms with Gasteiger partial charge in [0.05, 0.1) is 30.6 Å². The van der Waals surface area contributed by atoms with Gasteiger partial charge in [-0.25, -0.2) is 0 Å². The maximum Gasteiger partial charge on any atom is 0.305 e. The first-order valence-electron chi connectivity index (χ1n) is 12.0. The van der Waals surface area contributed by atoms with Crippen LogP contribution in [0.1, 0.15) is 90.9 Å². The Morgan fingerprint density at radius 2 is 1.63 bits per heavy atom. The van der Waals surface area contributed by atoms with Gasteiger partial charge in [-0.15, -0.1) is 0 Å². The molecule has 0 heterocycles. The average Bonchev–Trinajstić information content (AvgIpc) is 2.76. The standard InChI is InChI=1S/C26H40N2O2/c1-3-5-14-22-17-18-23(25(21-28)24(22)20-27)15-12-10-8-7-9-11-13-16-26(29)30-19-6-4-2/h12,15,17-18,22-25H,3-11,13-14,16,19H2,1-2H3/b15-12-/t22-,23-,24+,25-/m0/s1. The smallest absolute Gasteiger partial charge is 0.305 e. The molecule has 0 aromatic heterocycles. The second-order valence-corrected chi connectivity index (χ2v) is 8.39. The number of ether oxygens (including phenoxy) is 1. The van der Waals surface area contributed by atoms with E-state index in [1.165, 1.54) is 0 Å². The van der Waals surface area contributed by atoms with E-state index >= 15 is 0 Å². The van der Waals surface area contributed by atoms with Crippen LogP contribution in [0.25, 0.3) is 0 Å². The normalized spacial score (nSPS) is 23.2. The number of allylic oxidation sites excluding steroid dienone is 4. The number of esters is 1. The molecule has 4 heteroatoms. The van der Waals surface area contributed by atoms with E-state index in [4.69, 9.17) is 4.74 Å². The lowest BCUT2D eigenvalue weighted by Gasteiger charge is -2.30. The van der Waals surface area contributed by atoms with E-state index in [1.54, 1.807) is 0 Å². The number of hydrogen-bond donors (Lipinski definition) is 0. The molecule has 0 N–H and O–H groups in total. The average molecular weight is 413 g/mol. The third-order valence-corrected chi connectivity index (χ3v) is 5.90. The van der Waals surface area contributed by atoms with Gasteiger partial charge in [-0.2, -0.15) is 10.5 Å². The van der Waals surface area contributed by atoms with Crippen molar-refractivity contribution >= 4 is 5.97 Å². The van der Waals surface area contributed by atoms with Gasteiger partial charge in [-0.05, 0) is 38.0 Å². The van der Waals surface area contributed by atoms with Crippen LogP contribution in [0.15, 0.2) is 24.3 Å². The van der Waals surface area contributed by atoms with Gasteiger partial charge in [-0.3, -0.25) is 4.79 Å². The highest BCUT2D eigenvalue weighted by Crippen LogP contribution is 2.37. The Morgan fingerprint density at radius 1 is 0.933 bits per heavy atom. The highest BCUT2D eigenvalue weighted by atomic mass is 16.5. The minimum absolute atomic E-state index is 0.0521. The number of carbonyl (C=O) groups excluding carboxylic acids is 1. The van der Waals surface area contributed by atoms with Gasteiger partial charge in [0.1, 0.15) is 0 Å². The molecule has 0 radical (unpaired) electrons. The van der Waals surface area contributed by atoms with E-state index in [1.807, 2.05) is 0 Å². The molecule has 166 valence electrons. The third-order valence-electron chi connectivity index (χ3n) is 5.90. The largest absolute Gasteiger partial charge is 0.466 e. The van der Waals surface area contributed by atoms with Gasteiger partial charge in [0.15, 0.2) is 0 Å². The highest BCUT2D eigenvalue weighted by Gasteiger charge is 2.35. The number of nitrogens with zero attached hydrogens (tertiary/aromatic N) is 2. The van der Waals surface area contributed by atoms with Gasteiger partial charge in [0.2, 0.25) is 0 Å². The van der Waals surface area contributed by atoms with Crippen LogP contribution < -0.4 is 0 Å². The fraction of sp³-hybridized carbons (Fsp3) is 0.731. The predicted octanol–water partition coefficient (Wildman–Crippen LogP) is 6.89. The Kier molecular flexibility index (Phi) is 14.5. The summed E-state index contributed by atoms with van der Waals surface area (Å²) in [5.74, 6) is -0.235. The molecular formula is C26H40N2O2. The molecule has 0 spiro atoms. The predicted molar refractivity (Wildman–Crippen MR) is 121 cm³/mol. The van der Waals surface area contributed by atoms with Crippen molar-refractivity contribution in [1.29, 1.82) is 10.5 Å². The Morgan fingerprint density at radius 3 is 2.33 bits per heavy atom. The number of unbranched alkanes of at least 4 members (excludes halogenated alkanes) is 7. The van der Waals surface area contributed by atoms with Crippen LogP contribution in [0.2, 0.25) is 0 Å².